The molecule has 3 heterocycles. The molecule has 3 fully saturated rings. The van der Waals surface area contributed by atoms with E-state index in [-0.39, 0.29) is 11.9 Å². The van der Waals surface area contributed by atoms with E-state index in [1.807, 2.05) is 9.80 Å². The van der Waals surface area contributed by atoms with Crippen LogP contribution in [-0.2, 0) is 4.79 Å². The molecule has 2 bridgehead atoms. The van der Waals surface area contributed by atoms with Gasteiger partial charge in [-0.2, -0.15) is 0 Å². The predicted octanol–water partition coefficient (Wildman–Crippen LogP) is 1.66. The van der Waals surface area contributed by atoms with Crippen molar-refractivity contribution in [2.75, 3.05) is 32.7 Å². The Kier molecular flexibility index (Phi) is 5.64. The van der Waals surface area contributed by atoms with E-state index in [1.54, 1.807) is 0 Å². The van der Waals surface area contributed by atoms with Gasteiger partial charge in [0.1, 0.15) is 0 Å². The molecule has 0 aliphatic carbocycles. The fourth-order valence-corrected chi connectivity index (χ4v) is 4.65. The topological polar surface area (TPSA) is 55.9 Å². The molecule has 1 N–H and O–H groups in total. The summed E-state index contributed by atoms with van der Waals surface area (Å²) in [4.78, 5) is 31.0. The van der Waals surface area contributed by atoms with Gasteiger partial charge < -0.3 is 15.1 Å². The number of nitrogens with zero attached hydrogens (tertiary/aromatic N) is 3. The number of likely N-dealkylation sites (tertiary alicyclic amines) is 2. The summed E-state index contributed by atoms with van der Waals surface area (Å²) in [6.07, 6.45) is 6.17. The molecule has 3 rings (SSSR count). The number of carbonyl (C=O) groups excluding carboxylic acids is 2. The second-order valence-electron chi connectivity index (χ2n) is 7.73. The first kappa shape index (κ1) is 17.5. The number of carbonyl (C=O) groups is 2. The van der Waals surface area contributed by atoms with E-state index >= 15 is 0 Å². The van der Waals surface area contributed by atoms with Crippen LogP contribution in [0.4, 0.5) is 4.79 Å². The van der Waals surface area contributed by atoms with Gasteiger partial charge in [0, 0.05) is 57.3 Å². The molecule has 2 unspecified atom stereocenters. The Morgan fingerprint density at radius 2 is 1.71 bits per heavy atom. The first-order valence-electron chi connectivity index (χ1n) is 9.64. The molecule has 3 aliphatic rings. The second-order valence-corrected chi connectivity index (χ2v) is 7.73. The molecule has 24 heavy (non-hydrogen) atoms. The van der Waals surface area contributed by atoms with Gasteiger partial charge >= 0.3 is 6.03 Å². The van der Waals surface area contributed by atoms with Crippen molar-refractivity contribution in [3.05, 3.63) is 0 Å². The zero-order valence-corrected chi connectivity index (χ0v) is 15.2. The Hall–Kier alpha value is -1.30. The first-order valence-corrected chi connectivity index (χ1v) is 9.64. The Labute approximate surface area is 145 Å². The molecule has 0 radical (unpaired) electrons. The Morgan fingerprint density at radius 1 is 1.00 bits per heavy atom. The van der Waals surface area contributed by atoms with Crippen LogP contribution in [0.1, 0.15) is 52.4 Å². The van der Waals surface area contributed by atoms with E-state index in [9.17, 15) is 9.59 Å². The third kappa shape index (κ3) is 3.85. The van der Waals surface area contributed by atoms with Crippen LogP contribution in [0, 0.1) is 0 Å². The van der Waals surface area contributed by atoms with Crippen LogP contribution in [0.3, 0.4) is 0 Å². The van der Waals surface area contributed by atoms with Crippen LogP contribution < -0.4 is 5.32 Å². The van der Waals surface area contributed by atoms with Gasteiger partial charge in [-0.15, -0.1) is 0 Å². The van der Waals surface area contributed by atoms with Crippen LogP contribution in [0.15, 0.2) is 0 Å². The maximum atomic E-state index is 12.5. The predicted molar refractivity (Wildman–Crippen MR) is 93.8 cm³/mol. The van der Waals surface area contributed by atoms with E-state index in [0.29, 0.717) is 31.1 Å². The molecule has 0 spiro atoms. The maximum Gasteiger partial charge on any atom is 0.317 e. The standard InChI is InChI=1S/C18H32N4O2/c1-14(2)22-15-5-6-16(22)13-21(12-8-15)18(24)19-9-7-17(23)20-10-3-4-11-20/h14-16H,3-13H2,1-2H3,(H,19,24). The summed E-state index contributed by atoms with van der Waals surface area (Å²) in [6.45, 7) is 8.37. The van der Waals surface area contributed by atoms with Crippen molar-refractivity contribution in [3.8, 4) is 0 Å². The van der Waals surface area contributed by atoms with Gasteiger partial charge in [0.25, 0.3) is 0 Å². The van der Waals surface area contributed by atoms with Crippen molar-refractivity contribution in [2.45, 2.75) is 70.5 Å². The van der Waals surface area contributed by atoms with Crippen LogP contribution in [0.5, 0.6) is 0 Å². The number of nitrogens with one attached hydrogen (secondary N) is 1. The lowest BCUT2D eigenvalue weighted by atomic mass is 10.1. The highest BCUT2D eigenvalue weighted by Gasteiger charge is 2.39. The summed E-state index contributed by atoms with van der Waals surface area (Å²) < 4.78 is 0. The maximum absolute atomic E-state index is 12.5. The second kappa shape index (κ2) is 7.72. The van der Waals surface area contributed by atoms with E-state index in [1.165, 1.54) is 12.8 Å². The lowest BCUT2D eigenvalue weighted by Crippen LogP contribution is -2.47. The van der Waals surface area contributed by atoms with Crippen molar-refractivity contribution in [1.29, 1.82) is 0 Å². The van der Waals surface area contributed by atoms with E-state index in [0.717, 1.165) is 45.4 Å². The van der Waals surface area contributed by atoms with Gasteiger partial charge in [-0.1, -0.05) is 0 Å². The van der Waals surface area contributed by atoms with Crippen molar-refractivity contribution in [2.24, 2.45) is 0 Å². The zero-order chi connectivity index (χ0) is 17.1. The van der Waals surface area contributed by atoms with E-state index in [2.05, 4.69) is 24.1 Å². The van der Waals surface area contributed by atoms with Crippen molar-refractivity contribution >= 4 is 11.9 Å². The van der Waals surface area contributed by atoms with Gasteiger partial charge in [0.2, 0.25) is 5.91 Å². The molecule has 3 amide bonds. The molecular formula is C18H32N4O2. The summed E-state index contributed by atoms with van der Waals surface area (Å²) in [5, 5.41) is 2.96. The third-order valence-electron chi connectivity index (χ3n) is 5.80. The van der Waals surface area contributed by atoms with Crippen molar-refractivity contribution in [1.82, 2.24) is 20.0 Å². The summed E-state index contributed by atoms with van der Waals surface area (Å²) in [5.74, 6) is 0.175. The SMILES string of the molecule is CC(C)N1C2CCC1CN(C(=O)NCCC(=O)N1CCCC1)CC2. The average Bonchev–Trinajstić information content (AvgIpc) is 3.14. The summed E-state index contributed by atoms with van der Waals surface area (Å²) in [6, 6.07) is 1.67. The first-order chi connectivity index (χ1) is 11.6. The Morgan fingerprint density at radius 3 is 2.42 bits per heavy atom. The highest BCUT2D eigenvalue weighted by molar-refractivity contribution is 5.78. The zero-order valence-electron chi connectivity index (χ0n) is 15.2. The smallest absolute Gasteiger partial charge is 0.317 e. The lowest BCUT2D eigenvalue weighted by Gasteiger charge is -2.32. The average molecular weight is 336 g/mol. The summed E-state index contributed by atoms with van der Waals surface area (Å²) in [7, 11) is 0. The largest absolute Gasteiger partial charge is 0.343 e. The Bertz CT molecular complexity index is 462. The quantitative estimate of drug-likeness (QED) is 0.849. The molecule has 6 heteroatoms. The number of rotatable bonds is 4. The third-order valence-corrected chi connectivity index (χ3v) is 5.80. The molecule has 136 valence electrons. The lowest BCUT2D eigenvalue weighted by molar-refractivity contribution is -0.129. The molecular weight excluding hydrogens is 304 g/mol. The molecule has 6 nitrogen and oxygen atoms in total. The fraction of sp³-hybridized carbons (Fsp3) is 0.889. The van der Waals surface area contributed by atoms with Gasteiger partial charge in [-0.05, 0) is 46.0 Å². The van der Waals surface area contributed by atoms with Gasteiger partial charge in [0.15, 0.2) is 0 Å². The number of amides is 3. The highest BCUT2D eigenvalue weighted by atomic mass is 16.2. The summed E-state index contributed by atoms with van der Waals surface area (Å²) >= 11 is 0. The molecule has 0 saturated carbocycles. The number of fused-ring (bicyclic) bond motifs is 2. The number of urea groups is 1. The van der Waals surface area contributed by atoms with Crippen LogP contribution >= 0.6 is 0 Å². The van der Waals surface area contributed by atoms with Crippen LogP contribution in [0.25, 0.3) is 0 Å². The van der Waals surface area contributed by atoms with Gasteiger partial charge in [-0.25, -0.2) is 4.79 Å². The fourth-order valence-electron chi connectivity index (χ4n) is 4.65. The molecule has 3 aliphatic heterocycles. The van der Waals surface area contributed by atoms with Crippen LogP contribution in [-0.4, -0.2) is 77.5 Å². The minimum Gasteiger partial charge on any atom is -0.343 e. The van der Waals surface area contributed by atoms with Gasteiger partial charge in [-0.3, -0.25) is 9.69 Å². The van der Waals surface area contributed by atoms with E-state index < -0.39 is 0 Å². The van der Waals surface area contributed by atoms with Crippen molar-refractivity contribution in [3.63, 3.8) is 0 Å². The Balaban J connectivity index is 1.44. The molecule has 2 atom stereocenters. The van der Waals surface area contributed by atoms with Gasteiger partial charge in [0.05, 0.1) is 0 Å². The minimum absolute atomic E-state index is 0.000443. The summed E-state index contributed by atoms with van der Waals surface area (Å²) in [5.41, 5.74) is 0. The molecule has 3 saturated heterocycles. The number of hydrogen-bond donors (Lipinski definition) is 1. The molecule has 0 aromatic rings. The van der Waals surface area contributed by atoms with Crippen LogP contribution in [0.2, 0.25) is 0 Å². The van der Waals surface area contributed by atoms with E-state index in [4.69, 9.17) is 0 Å². The normalized spacial score (nSPS) is 27.6. The minimum atomic E-state index is 0.000443. The highest BCUT2D eigenvalue weighted by Crippen LogP contribution is 2.31. The number of hydrogen-bond acceptors (Lipinski definition) is 3. The molecule has 0 aromatic heterocycles. The van der Waals surface area contributed by atoms with Crippen molar-refractivity contribution < 1.29 is 9.59 Å². The molecule has 0 aromatic carbocycles. The monoisotopic (exact) mass is 336 g/mol.